The first-order chi connectivity index (χ1) is 15.5. The fourth-order valence-corrected chi connectivity index (χ4v) is 5.96. The number of nitrogens with zero attached hydrogens (tertiary/aromatic N) is 2. The van der Waals surface area contributed by atoms with Crippen molar-refractivity contribution in [3.8, 4) is 0 Å². The molecular weight excluding hydrogens is 442 g/mol. The summed E-state index contributed by atoms with van der Waals surface area (Å²) >= 11 is 0. The minimum absolute atomic E-state index is 0.0163. The number of carbonyl (C=O) groups is 1. The van der Waals surface area contributed by atoms with Gasteiger partial charge in [-0.3, -0.25) is 0 Å². The van der Waals surface area contributed by atoms with Crippen molar-refractivity contribution in [1.82, 2.24) is 4.48 Å². The number of esters is 1. The molecule has 2 aliphatic rings. The fourth-order valence-electron chi connectivity index (χ4n) is 5.07. The number of ether oxygens (including phenoxy) is 1. The fraction of sp³-hybridized carbons (Fsp3) is 0.500. The number of rotatable bonds is 8. The number of aliphatic hydroxyl groups excluding tert-OH is 1. The third-order valence-corrected chi connectivity index (χ3v) is 7.32. The van der Waals surface area contributed by atoms with Crippen LogP contribution >= 0.6 is 0 Å². The largest absolute Gasteiger partial charge is 0.511 e. The number of sulfonamides is 1. The molecule has 2 aliphatic heterocycles. The van der Waals surface area contributed by atoms with Gasteiger partial charge in [-0.25, -0.2) is 14.4 Å². The van der Waals surface area contributed by atoms with Gasteiger partial charge in [0, 0.05) is 23.6 Å². The van der Waals surface area contributed by atoms with Gasteiger partial charge in [-0.2, -0.15) is 13.4 Å². The summed E-state index contributed by atoms with van der Waals surface area (Å²) < 4.78 is 30.2. The van der Waals surface area contributed by atoms with E-state index in [1.807, 2.05) is 20.8 Å². The van der Waals surface area contributed by atoms with Crippen LogP contribution in [0.2, 0.25) is 0 Å². The predicted molar refractivity (Wildman–Crippen MR) is 131 cm³/mol. The molecule has 2 heterocycles. The van der Waals surface area contributed by atoms with E-state index in [9.17, 15) is 18.3 Å². The van der Waals surface area contributed by atoms with E-state index in [0.717, 1.165) is 24.8 Å². The van der Waals surface area contributed by atoms with Crippen molar-refractivity contribution in [1.29, 1.82) is 0 Å². The summed E-state index contributed by atoms with van der Waals surface area (Å²) in [7, 11) is -2.38. The van der Waals surface area contributed by atoms with Crippen LogP contribution in [0.15, 0.2) is 41.4 Å². The van der Waals surface area contributed by atoms with Crippen molar-refractivity contribution >= 4 is 32.4 Å². The summed E-state index contributed by atoms with van der Waals surface area (Å²) in [4.78, 5) is 17.3. The molecule has 0 bridgehead atoms. The topological polar surface area (TPSA) is 119 Å². The van der Waals surface area contributed by atoms with Crippen LogP contribution < -0.4 is 9.62 Å². The van der Waals surface area contributed by atoms with Gasteiger partial charge in [-0.15, -0.1) is 0 Å². The molecule has 3 N–H and O–H groups in total. The maximum atomic E-state index is 13.3. The first-order valence-corrected chi connectivity index (χ1v) is 13.0. The predicted octanol–water partition coefficient (Wildman–Crippen LogP) is 4.26. The molecule has 0 amide bonds. The second kappa shape index (κ2) is 9.40. The second-order valence-electron chi connectivity index (χ2n) is 8.95. The summed E-state index contributed by atoms with van der Waals surface area (Å²) in [6.45, 7) is 6.06. The number of amidine groups is 1. The summed E-state index contributed by atoms with van der Waals surface area (Å²) in [5.41, 5.74) is 1.38. The smallest absolute Gasteiger partial charge is 0.346 e. The SMILES string of the molecule is CCCc1c(C2=C(O)CC(CCC)(CCC)OC2=O)cccc1[N+]1(C)C=CN=C1S(N)(=O)=O. The Kier molecular flexibility index (Phi) is 7.16. The van der Waals surface area contributed by atoms with Crippen LogP contribution in [0.4, 0.5) is 5.69 Å². The normalized spacial score (nSPS) is 22.5. The van der Waals surface area contributed by atoms with Crippen molar-refractivity contribution in [3.05, 3.63) is 47.5 Å². The van der Waals surface area contributed by atoms with E-state index >= 15 is 0 Å². The van der Waals surface area contributed by atoms with Crippen LogP contribution in [-0.2, 0) is 26.0 Å². The Hall–Kier alpha value is -2.49. The molecule has 0 saturated heterocycles. The maximum absolute atomic E-state index is 13.3. The Bertz CT molecular complexity index is 1130. The number of cyclic esters (lactones) is 1. The number of nitrogens with two attached hydrogens (primary N) is 1. The number of aliphatic imine (C=N–C) groups is 1. The minimum Gasteiger partial charge on any atom is -0.511 e. The molecule has 0 aliphatic carbocycles. The first-order valence-electron chi connectivity index (χ1n) is 11.5. The maximum Gasteiger partial charge on any atom is 0.346 e. The van der Waals surface area contributed by atoms with E-state index in [2.05, 4.69) is 4.99 Å². The van der Waals surface area contributed by atoms with E-state index in [0.29, 0.717) is 30.5 Å². The zero-order valence-corrected chi connectivity index (χ0v) is 20.6. The summed E-state index contributed by atoms with van der Waals surface area (Å²) in [6, 6.07) is 5.32. The Balaban J connectivity index is 2.19. The van der Waals surface area contributed by atoms with E-state index < -0.39 is 21.6 Å². The van der Waals surface area contributed by atoms with Crippen molar-refractivity contribution in [2.24, 2.45) is 10.1 Å². The molecule has 0 fully saturated rings. The van der Waals surface area contributed by atoms with Gasteiger partial charge in [0.05, 0.1) is 13.2 Å². The van der Waals surface area contributed by atoms with E-state index in [1.165, 1.54) is 6.20 Å². The third-order valence-electron chi connectivity index (χ3n) is 6.33. The lowest BCUT2D eigenvalue weighted by atomic mass is 9.83. The zero-order valence-electron chi connectivity index (χ0n) is 19.8. The lowest BCUT2D eigenvalue weighted by Crippen LogP contribution is -2.50. The highest BCUT2D eigenvalue weighted by molar-refractivity contribution is 8.04. The van der Waals surface area contributed by atoms with Crippen molar-refractivity contribution < 1.29 is 23.1 Å². The average molecular weight is 477 g/mol. The highest BCUT2D eigenvalue weighted by atomic mass is 32.2. The van der Waals surface area contributed by atoms with Crippen molar-refractivity contribution in [3.63, 3.8) is 0 Å². The summed E-state index contributed by atoms with van der Waals surface area (Å²) in [5, 5.41) is 16.3. The minimum atomic E-state index is -4.07. The Morgan fingerprint density at radius 2 is 1.85 bits per heavy atom. The Labute approximate surface area is 196 Å². The molecule has 0 aromatic heterocycles. The van der Waals surface area contributed by atoms with Crippen LogP contribution in [-0.4, -0.2) is 37.3 Å². The molecule has 0 spiro atoms. The molecule has 1 aromatic rings. The van der Waals surface area contributed by atoms with E-state index in [-0.39, 0.29) is 27.4 Å². The first kappa shape index (κ1) is 25.1. The molecule has 180 valence electrons. The molecule has 1 atom stereocenters. The molecule has 8 nitrogen and oxygen atoms in total. The van der Waals surface area contributed by atoms with Crippen LogP contribution in [0.1, 0.15) is 70.4 Å². The number of quaternary nitrogens is 1. The van der Waals surface area contributed by atoms with E-state index in [1.54, 1.807) is 31.4 Å². The summed E-state index contributed by atoms with van der Waals surface area (Å²) in [6.07, 6.45) is 7.66. The van der Waals surface area contributed by atoms with Crippen LogP contribution in [0.5, 0.6) is 0 Å². The number of hydrogen-bond acceptors (Lipinski definition) is 6. The van der Waals surface area contributed by atoms with Gasteiger partial charge >= 0.3 is 21.2 Å². The highest BCUT2D eigenvalue weighted by Gasteiger charge is 2.45. The highest BCUT2D eigenvalue weighted by Crippen LogP contribution is 2.43. The number of aliphatic hydroxyl groups is 1. The molecule has 1 unspecified atom stereocenters. The molecular formula is C24H34N3O5S+. The Morgan fingerprint density at radius 1 is 1.18 bits per heavy atom. The zero-order chi connectivity index (χ0) is 24.4. The molecule has 9 heteroatoms. The van der Waals surface area contributed by atoms with Crippen molar-refractivity contribution in [2.75, 3.05) is 7.05 Å². The molecule has 0 radical (unpaired) electrons. The van der Waals surface area contributed by atoms with Crippen molar-refractivity contribution in [2.45, 2.75) is 71.3 Å². The van der Waals surface area contributed by atoms with Gasteiger partial charge < -0.3 is 9.84 Å². The van der Waals surface area contributed by atoms with Crippen LogP contribution in [0.25, 0.3) is 5.57 Å². The third kappa shape index (κ3) is 4.62. The average Bonchev–Trinajstić information content (AvgIpc) is 3.12. The van der Waals surface area contributed by atoms with Crippen LogP contribution in [0, 0.1) is 0 Å². The monoisotopic (exact) mass is 476 g/mol. The molecule has 1 aromatic carbocycles. The van der Waals surface area contributed by atoms with Gasteiger partial charge in [0.15, 0.2) is 0 Å². The van der Waals surface area contributed by atoms with Crippen LogP contribution in [0.3, 0.4) is 0 Å². The van der Waals surface area contributed by atoms with Gasteiger partial charge in [0.1, 0.15) is 28.8 Å². The number of hydrogen-bond donors (Lipinski definition) is 2. The quantitative estimate of drug-likeness (QED) is 0.429. The number of primary sulfonamides is 1. The molecule has 0 saturated carbocycles. The summed E-state index contributed by atoms with van der Waals surface area (Å²) in [5.74, 6) is -0.530. The second-order valence-corrected chi connectivity index (χ2v) is 10.4. The van der Waals surface area contributed by atoms with Gasteiger partial charge in [-0.1, -0.05) is 52.2 Å². The van der Waals surface area contributed by atoms with E-state index in [4.69, 9.17) is 9.88 Å². The lowest BCUT2D eigenvalue weighted by Gasteiger charge is -2.37. The lowest BCUT2D eigenvalue weighted by molar-refractivity contribution is -0.157. The van der Waals surface area contributed by atoms with Gasteiger partial charge in [0.2, 0.25) is 0 Å². The Morgan fingerprint density at radius 3 is 2.39 bits per heavy atom. The number of carbonyl (C=O) groups excluding carboxylic acids is 1. The standard InChI is InChI=1S/C24H33N3O5S/c1-5-9-17-18(21-20(28)16-24(12-6-2,13-7-3)32-22(21)29)10-8-11-19(17)27(4)15-14-26-23(27)33(25,30)31/h8,10-11,14-15H,5-7,9,12-13,16H2,1-4H3,(H2-,25,28,29,30,31)/p+1. The molecule has 3 rings (SSSR count). The van der Waals surface area contributed by atoms with Gasteiger partial charge in [0.25, 0.3) is 0 Å². The number of benzene rings is 1. The van der Waals surface area contributed by atoms with Gasteiger partial charge in [-0.05, 0) is 19.3 Å². The molecule has 33 heavy (non-hydrogen) atoms.